The number of hydrogen-bond acceptors (Lipinski definition) is 12. The minimum atomic E-state index is -0.693. The van der Waals surface area contributed by atoms with Crippen molar-refractivity contribution in [3.8, 4) is 29.2 Å². The molecule has 254 valence electrons. The summed E-state index contributed by atoms with van der Waals surface area (Å²) in [6.07, 6.45) is 4.05. The summed E-state index contributed by atoms with van der Waals surface area (Å²) in [5.74, 6) is 0.267. The zero-order valence-corrected chi connectivity index (χ0v) is 28.5. The topological polar surface area (TPSA) is 152 Å². The fourth-order valence-corrected chi connectivity index (χ4v) is 8.26. The predicted octanol–water partition coefficient (Wildman–Crippen LogP) is 6.41. The van der Waals surface area contributed by atoms with E-state index in [1.165, 1.54) is 31.3 Å². The Balaban J connectivity index is 0.000000361. The van der Waals surface area contributed by atoms with Gasteiger partial charge in [0.05, 0.1) is 24.8 Å². The molecular weight excluding hydrogens is 649 g/mol. The molecule has 11 nitrogen and oxygen atoms in total. The number of anilines is 3. The van der Waals surface area contributed by atoms with Gasteiger partial charge in [-0.15, -0.1) is 11.3 Å². The van der Waals surface area contributed by atoms with Gasteiger partial charge < -0.3 is 25.8 Å². The number of thiophene rings is 1. The fraction of sp³-hybridized carbons (Fsp3) is 0.400. The first-order valence-corrected chi connectivity index (χ1v) is 17.1. The number of rotatable bonds is 4. The molecular formula is C35H37F2N9O2S. The number of aromatic nitrogens is 4. The Morgan fingerprint density at radius 2 is 1.96 bits per heavy atom. The second-order valence-corrected chi connectivity index (χ2v) is 13.8. The number of pyridine rings is 2. The molecule has 3 aliphatic rings. The Labute approximate surface area is 286 Å². The number of ether oxygens (including phenoxy) is 2. The largest absolute Gasteiger partial charge is 0.472 e. The van der Waals surface area contributed by atoms with Crippen molar-refractivity contribution in [2.24, 2.45) is 0 Å². The van der Waals surface area contributed by atoms with Crippen LogP contribution in [-0.4, -0.2) is 69.4 Å². The van der Waals surface area contributed by atoms with E-state index in [-0.39, 0.29) is 40.7 Å². The molecule has 0 spiro atoms. The molecule has 5 unspecified atom stereocenters. The summed E-state index contributed by atoms with van der Waals surface area (Å²) in [5.41, 5.74) is 13.8. The first-order chi connectivity index (χ1) is 23.6. The van der Waals surface area contributed by atoms with Gasteiger partial charge in [-0.3, -0.25) is 4.90 Å². The Kier molecular flexibility index (Phi) is 8.58. The van der Waals surface area contributed by atoms with Gasteiger partial charge in [-0.25, -0.2) is 18.7 Å². The Morgan fingerprint density at radius 3 is 2.69 bits per heavy atom. The van der Waals surface area contributed by atoms with Crippen molar-refractivity contribution in [2.75, 3.05) is 36.6 Å². The molecule has 14 heteroatoms. The second kappa shape index (κ2) is 12.9. The summed E-state index contributed by atoms with van der Waals surface area (Å²) in [6.45, 7) is 7.74. The van der Waals surface area contributed by atoms with E-state index >= 15 is 4.39 Å². The van der Waals surface area contributed by atoms with E-state index in [0.29, 0.717) is 45.6 Å². The first kappa shape index (κ1) is 32.7. The smallest absolute Gasteiger partial charge is 0.318 e. The lowest BCUT2D eigenvalue weighted by Gasteiger charge is -2.37. The number of nitrogens with zero attached hydrogens (tertiary/aromatic N) is 7. The van der Waals surface area contributed by atoms with E-state index < -0.39 is 18.1 Å². The summed E-state index contributed by atoms with van der Waals surface area (Å²) in [7, 11) is 1.43. The second-order valence-electron chi connectivity index (χ2n) is 12.7. The molecule has 5 atom stereocenters. The molecule has 0 amide bonds. The van der Waals surface area contributed by atoms with Crippen molar-refractivity contribution in [1.82, 2.24) is 24.8 Å². The van der Waals surface area contributed by atoms with Gasteiger partial charge >= 0.3 is 6.01 Å². The van der Waals surface area contributed by atoms with E-state index in [9.17, 15) is 9.65 Å². The Morgan fingerprint density at radius 1 is 1.14 bits per heavy atom. The van der Waals surface area contributed by atoms with Gasteiger partial charge in [-0.05, 0) is 58.7 Å². The average Bonchev–Trinajstić information content (AvgIpc) is 3.76. The highest BCUT2D eigenvalue weighted by Crippen LogP contribution is 2.46. The number of halogens is 2. The van der Waals surface area contributed by atoms with E-state index in [2.05, 4.69) is 25.9 Å². The molecule has 49 heavy (non-hydrogen) atoms. The highest BCUT2D eigenvalue weighted by molar-refractivity contribution is 7.23. The highest BCUT2D eigenvalue weighted by Gasteiger charge is 2.38. The van der Waals surface area contributed by atoms with Gasteiger partial charge in [0.15, 0.2) is 5.82 Å². The number of alkyl halides is 1. The maximum atomic E-state index is 16.6. The normalized spacial score (nSPS) is 22.2. The van der Waals surface area contributed by atoms with Crippen LogP contribution in [0.4, 0.5) is 25.4 Å². The van der Waals surface area contributed by atoms with Crippen LogP contribution >= 0.6 is 11.3 Å². The lowest BCUT2D eigenvalue weighted by Crippen LogP contribution is -2.44. The molecule has 8 rings (SSSR count). The third-order valence-electron chi connectivity index (χ3n) is 9.86. The van der Waals surface area contributed by atoms with Gasteiger partial charge in [0.2, 0.25) is 5.88 Å². The molecule has 0 bridgehead atoms. The molecule has 3 aliphatic heterocycles. The fourth-order valence-electron chi connectivity index (χ4n) is 7.31. The summed E-state index contributed by atoms with van der Waals surface area (Å²) >= 11 is 1.26. The molecule has 2 saturated heterocycles. The zero-order valence-electron chi connectivity index (χ0n) is 27.7. The highest BCUT2D eigenvalue weighted by atomic mass is 32.1. The third-order valence-corrected chi connectivity index (χ3v) is 10.8. The SMILES string of the molecule is COc1nc2c3c(nc(-c4cccc5sc(N)c(C#N)c45)c(F)c3n1)OC(C)C(C)N2C(C)c1cccnc1N.FC1CC2CCCN2C1. The van der Waals surface area contributed by atoms with Crippen LogP contribution in [0.5, 0.6) is 11.9 Å². The first-order valence-electron chi connectivity index (χ1n) is 16.3. The van der Waals surface area contributed by atoms with Crippen LogP contribution in [0.2, 0.25) is 0 Å². The number of nitrogen functional groups attached to an aromatic ring is 2. The number of nitrogens with two attached hydrogens (primary N) is 2. The van der Waals surface area contributed by atoms with Gasteiger partial charge in [-0.1, -0.05) is 18.2 Å². The monoisotopic (exact) mass is 685 g/mol. The Hall–Kier alpha value is -4.87. The molecule has 0 aliphatic carbocycles. The van der Waals surface area contributed by atoms with Crippen LogP contribution in [0.3, 0.4) is 0 Å². The maximum absolute atomic E-state index is 16.6. The van der Waals surface area contributed by atoms with Crippen molar-refractivity contribution >= 4 is 49.0 Å². The molecule has 0 radical (unpaired) electrons. The maximum Gasteiger partial charge on any atom is 0.318 e. The van der Waals surface area contributed by atoms with Gasteiger partial charge in [0.1, 0.15) is 51.6 Å². The van der Waals surface area contributed by atoms with E-state index in [1.54, 1.807) is 18.3 Å². The molecule has 2 fully saturated rings. The quantitative estimate of drug-likeness (QED) is 0.216. The molecule has 0 saturated carbocycles. The van der Waals surface area contributed by atoms with E-state index in [1.807, 2.05) is 43.9 Å². The Bertz CT molecular complexity index is 2090. The number of methoxy groups -OCH3 is 1. The average molecular weight is 686 g/mol. The van der Waals surface area contributed by atoms with Gasteiger partial charge in [-0.2, -0.15) is 15.2 Å². The van der Waals surface area contributed by atoms with E-state index in [0.717, 1.165) is 23.2 Å². The van der Waals surface area contributed by atoms with Crippen LogP contribution in [0.1, 0.15) is 57.2 Å². The van der Waals surface area contributed by atoms with Crippen molar-refractivity contribution < 1.29 is 18.3 Å². The zero-order chi connectivity index (χ0) is 34.6. The minimum absolute atomic E-state index is 0.00745. The van der Waals surface area contributed by atoms with Crippen LogP contribution < -0.4 is 25.8 Å². The number of fused-ring (bicyclic) bond motifs is 2. The van der Waals surface area contributed by atoms with Crippen LogP contribution in [0.25, 0.3) is 32.2 Å². The molecule has 4 aromatic heterocycles. The number of nitriles is 1. The van der Waals surface area contributed by atoms with Crippen molar-refractivity contribution in [2.45, 2.75) is 70.4 Å². The number of hydrogen-bond donors (Lipinski definition) is 2. The predicted molar refractivity (Wildman–Crippen MR) is 187 cm³/mol. The third kappa shape index (κ3) is 5.60. The molecule has 5 aromatic rings. The van der Waals surface area contributed by atoms with Crippen molar-refractivity contribution in [3.05, 3.63) is 53.5 Å². The van der Waals surface area contributed by atoms with Crippen molar-refractivity contribution in [1.29, 1.82) is 5.26 Å². The summed E-state index contributed by atoms with van der Waals surface area (Å²) < 4.78 is 41.7. The van der Waals surface area contributed by atoms with Crippen LogP contribution in [0, 0.1) is 17.1 Å². The summed E-state index contributed by atoms with van der Waals surface area (Å²) in [6, 6.07) is 11.2. The van der Waals surface area contributed by atoms with Crippen LogP contribution in [0.15, 0.2) is 36.5 Å². The molecule has 1 aromatic carbocycles. The standard InChI is InChI=1S/C28H25FN8O2S.C7H12FN/c1-12-14(3)39-27-20-23(21(29)22(34-27)16-7-5-9-18-19(16)17(11-30)25(32)40-18)35-28(38-4)36-26(20)37(12)13(2)15-8-6-10-33-24(15)31;8-6-4-7-2-1-3-9(7)5-6/h5-10,12-14H,32H2,1-4H3,(H2,31,33);6-7H,1-5H2. The van der Waals surface area contributed by atoms with Gasteiger partial charge in [0.25, 0.3) is 0 Å². The summed E-state index contributed by atoms with van der Waals surface area (Å²) in [4.78, 5) is 22.3. The van der Waals surface area contributed by atoms with Gasteiger partial charge in [0, 0.05) is 40.0 Å². The number of benzene rings is 1. The lowest BCUT2D eigenvalue weighted by molar-refractivity contribution is 0.186. The molecule has 4 N–H and O–H groups in total. The van der Waals surface area contributed by atoms with Crippen LogP contribution in [-0.2, 0) is 0 Å². The lowest BCUT2D eigenvalue weighted by atomic mass is 10.0. The van der Waals surface area contributed by atoms with E-state index in [4.69, 9.17) is 25.9 Å². The minimum Gasteiger partial charge on any atom is -0.472 e. The molecule has 7 heterocycles. The van der Waals surface area contributed by atoms with Crippen molar-refractivity contribution in [3.63, 3.8) is 0 Å². The summed E-state index contributed by atoms with van der Waals surface area (Å²) in [5, 5.41) is 11.0.